The Morgan fingerprint density at radius 2 is 2.00 bits per heavy atom. The molecule has 1 aromatic heterocycles. The number of hydrogen-bond acceptors (Lipinski definition) is 4. The molecule has 3 aromatic rings. The van der Waals surface area contributed by atoms with Crippen LogP contribution in [0.25, 0.3) is 0 Å². The van der Waals surface area contributed by atoms with E-state index < -0.39 is 10.0 Å². The van der Waals surface area contributed by atoms with E-state index in [0.717, 1.165) is 17.7 Å². The van der Waals surface area contributed by atoms with Crippen LogP contribution in [0.2, 0.25) is 5.02 Å². The molecule has 0 aliphatic carbocycles. The number of carbonyl (C=O) groups excluding carboxylic acids is 1. The van der Waals surface area contributed by atoms with E-state index in [1.54, 1.807) is 53.4 Å². The minimum atomic E-state index is -3.70. The number of nitrogens with one attached hydrogen (secondary N) is 1. The summed E-state index contributed by atoms with van der Waals surface area (Å²) in [4.78, 5) is 14.8. The van der Waals surface area contributed by atoms with E-state index in [1.807, 2.05) is 0 Å². The fourth-order valence-electron chi connectivity index (χ4n) is 3.39. The van der Waals surface area contributed by atoms with Gasteiger partial charge in [0.25, 0.3) is 5.91 Å². The van der Waals surface area contributed by atoms with Crippen molar-refractivity contribution in [2.45, 2.75) is 24.3 Å². The van der Waals surface area contributed by atoms with Crippen LogP contribution in [0.1, 0.15) is 28.1 Å². The van der Waals surface area contributed by atoms with Crippen LogP contribution in [0.4, 0.5) is 5.69 Å². The number of halogens is 1. The van der Waals surface area contributed by atoms with Crippen molar-refractivity contribution in [2.24, 2.45) is 0 Å². The Kier molecular flexibility index (Phi) is 5.45. The first-order valence-corrected chi connectivity index (χ1v) is 11.0. The lowest BCUT2D eigenvalue weighted by atomic mass is 10.0. The van der Waals surface area contributed by atoms with Gasteiger partial charge in [-0.05, 0) is 66.9 Å². The maximum absolute atomic E-state index is 13.0. The molecule has 0 fully saturated rings. The molecule has 1 aliphatic heterocycles. The molecule has 2 aromatic carbocycles. The summed E-state index contributed by atoms with van der Waals surface area (Å²) in [5, 5.41) is 0.497. The van der Waals surface area contributed by atoms with Gasteiger partial charge >= 0.3 is 0 Å². The summed E-state index contributed by atoms with van der Waals surface area (Å²) < 4.78 is 33.0. The number of hydrogen-bond donors (Lipinski definition) is 1. The average molecular weight is 431 g/mol. The molecule has 0 radical (unpaired) electrons. The molecule has 2 heterocycles. The van der Waals surface area contributed by atoms with Crippen molar-refractivity contribution in [3.63, 3.8) is 0 Å². The highest BCUT2D eigenvalue weighted by atomic mass is 35.5. The average Bonchev–Trinajstić information content (AvgIpc) is 3.25. The molecule has 8 heteroatoms. The minimum Gasteiger partial charge on any atom is -0.468 e. The van der Waals surface area contributed by atoms with Gasteiger partial charge in [0, 0.05) is 22.8 Å². The van der Waals surface area contributed by atoms with E-state index in [-0.39, 0.29) is 17.3 Å². The maximum atomic E-state index is 13.0. The first-order chi connectivity index (χ1) is 13.9. The van der Waals surface area contributed by atoms with Crippen LogP contribution < -0.4 is 9.62 Å². The van der Waals surface area contributed by atoms with E-state index in [2.05, 4.69) is 4.72 Å². The first kappa shape index (κ1) is 19.7. The number of sulfonamides is 1. The minimum absolute atomic E-state index is 0.0752. The molecule has 0 saturated carbocycles. The van der Waals surface area contributed by atoms with Gasteiger partial charge in [-0.15, -0.1) is 0 Å². The van der Waals surface area contributed by atoms with Crippen LogP contribution in [0.3, 0.4) is 0 Å². The van der Waals surface area contributed by atoms with Gasteiger partial charge < -0.3 is 9.32 Å². The van der Waals surface area contributed by atoms with E-state index in [1.165, 1.54) is 12.3 Å². The number of aryl methyl sites for hydroxylation is 1. The zero-order chi connectivity index (χ0) is 20.4. The summed E-state index contributed by atoms with van der Waals surface area (Å²) in [5.41, 5.74) is 2.06. The van der Waals surface area contributed by atoms with Crippen molar-refractivity contribution < 1.29 is 17.6 Å². The van der Waals surface area contributed by atoms with Crippen molar-refractivity contribution >= 4 is 33.2 Å². The molecule has 0 saturated heterocycles. The van der Waals surface area contributed by atoms with Gasteiger partial charge in [0.1, 0.15) is 5.76 Å². The molecule has 29 heavy (non-hydrogen) atoms. The van der Waals surface area contributed by atoms with Crippen LogP contribution in [-0.2, 0) is 23.0 Å². The summed E-state index contributed by atoms with van der Waals surface area (Å²) in [7, 11) is -3.70. The molecular weight excluding hydrogens is 412 g/mol. The van der Waals surface area contributed by atoms with E-state index in [4.69, 9.17) is 16.0 Å². The Morgan fingerprint density at radius 1 is 1.14 bits per heavy atom. The van der Waals surface area contributed by atoms with Gasteiger partial charge in [0.05, 0.1) is 17.7 Å². The Hall–Kier alpha value is -2.61. The number of anilines is 1. The second-order valence-electron chi connectivity index (χ2n) is 6.77. The number of nitrogens with zero attached hydrogens (tertiary/aromatic N) is 1. The van der Waals surface area contributed by atoms with Gasteiger partial charge in [-0.2, -0.15) is 0 Å². The van der Waals surface area contributed by atoms with E-state index >= 15 is 0 Å². The highest BCUT2D eigenvalue weighted by Gasteiger charge is 2.25. The number of carbonyl (C=O) groups is 1. The standard InChI is InChI=1S/C21H19ClN2O4S/c22-17-6-1-4-16(12-17)21(25)24-10-2-5-15-13-19(8-9-20(15)24)29(26,27)23-14-18-7-3-11-28-18/h1,3-4,6-9,11-13,23H,2,5,10,14H2. The molecule has 0 unspecified atom stereocenters. The Balaban J connectivity index is 1.59. The lowest BCUT2D eigenvalue weighted by Crippen LogP contribution is -2.35. The van der Waals surface area contributed by atoms with Crippen molar-refractivity contribution in [1.82, 2.24) is 4.72 Å². The quantitative estimate of drug-likeness (QED) is 0.663. The third-order valence-electron chi connectivity index (χ3n) is 4.81. The van der Waals surface area contributed by atoms with Crippen molar-refractivity contribution in [3.05, 3.63) is 82.8 Å². The number of amides is 1. The third kappa shape index (κ3) is 4.22. The summed E-state index contributed by atoms with van der Waals surface area (Å²) >= 11 is 6.01. The Labute approximate surface area is 174 Å². The molecular formula is C21H19ClN2O4S. The van der Waals surface area contributed by atoms with Gasteiger partial charge in [0.2, 0.25) is 10.0 Å². The van der Waals surface area contributed by atoms with Gasteiger partial charge in [0.15, 0.2) is 0 Å². The SMILES string of the molecule is O=C(c1cccc(Cl)c1)N1CCCc2cc(S(=O)(=O)NCc3ccco3)ccc21. The molecule has 150 valence electrons. The maximum Gasteiger partial charge on any atom is 0.258 e. The number of fused-ring (bicyclic) bond motifs is 1. The fraction of sp³-hybridized carbons (Fsp3) is 0.190. The summed E-state index contributed by atoms with van der Waals surface area (Å²) in [6.45, 7) is 0.646. The molecule has 0 atom stereocenters. The second-order valence-corrected chi connectivity index (χ2v) is 8.97. The molecule has 0 bridgehead atoms. The highest BCUT2D eigenvalue weighted by molar-refractivity contribution is 7.89. The predicted molar refractivity (Wildman–Crippen MR) is 111 cm³/mol. The van der Waals surface area contributed by atoms with Crippen LogP contribution >= 0.6 is 11.6 Å². The van der Waals surface area contributed by atoms with Gasteiger partial charge in [-0.3, -0.25) is 4.79 Å². The third-order valence-corrected chi connectivity index (χ3v) is 6.45. The van der Waals surface area contributed by atoms with E-state index in [9.17, 15) is 13.2 Å². The summed E-state index contributed by atoms with van der Waals surface area (Å²) in [5.74, 6) is 0.379. The second kappa shape index (κ2) is 8.02. The largest absolute Gasteiger partial charge is 0.468 e. The Bertz CT molecular complexity index is 1140. The smallest absolute Gasteiger partial charge is 0.258 e. The lowest BCUT2D eigenvalue weighted by molar-refractivity contribution is 0.0985. The van der Waals surface area contributed by atoms with Crippen molar-refractivity contribution in [1.29, 1.82) is 0 Å². The van der Waals surface area contributed by atoms with E-state index in [0.29, 0.717) is 29.3 Å². The van der Waals surface area contributed by atoms with Crippen LogP contribution in [0.15, 0.2) is 70.2 Å². The first-order valence-electron chi connectivity index (χ1n) is 9.16. The lowest BCUT2D eigenvalue weighted by Gasteiger charge is -2.30. The Morgan fingerprint density at radius 3 is 2.76 bits per heavy atom. The summed E-state index contributed by atoms with van der Waals surface area (Å²) in [6, 6.07) is 15.1. The number of rotatable bonds is 5. The van der Waals surface area contributed by atoms with Gasteiger partial charge in [-0.1, -0.05) is 17.7 Å². The van der Waals surface area contributed by atoms with Gasteiger partial charge in [-0.25, -0.2) is 13.1 Å². The zero-order valence-corrected chi connectivity index (χ0v) is 17.0. The van der Waals surface area contributed by atoms with Crippen LogP contribution in [0.5, 0.6) is 0 Å². The predicted octanol–water partition coefficient (Wildman–Crippen LogP) is 4.00. The number of furan rings is 1. The highest BCUT2D eigenvalue weighted by Crippen LogP contribution is 2.31. The number of benzene rings is 2. The molecule has 4 rings (SSSR count). The normalized spacial score (nSPS) is 13.9. The molecule has 0 spiro atoms. The molecule has 1 N–H and O–H groups in total. The van der Waals surface area contributed by atoms with Crippen molar-refractivity contribution in [3.8, 4) is 0 Å². The molecule has 6 nitrogen and oxygen atoms in total. The summed E-state index contributed by atoms with van der Waals surface area (Å²) in [6.07, 6.45) is 2.95. The molecule has 1 aliphatic rings. The monoisotopic (exact) mass is 430 g/mol. The molecule has 1 amide bonds. The van der Waals surface area contributed by atoms with Crippen molar-refractivity contribution in [2.75, 3.05) is 11.4 Å². The topological polar surface area (TPSA) is 79.6 Å². The zero-order valence-electron chi connectivity index (χ0n) is 15.5. The van der Waals surface area contributed by atoms with Crippen LogP contribution in [-0.4, -0.2) is 20.9 Å². The fourth-order valence-corrected chi connectivity index (χ4v) is 4.63. The van der Waals surface area contributed by atoms with Crippen LogP contribution in [0, 0.1) is 0 Å².